The van der Waals surface area contributed by atoms with Gasteiger partial charge in [-0.05, 0) is 6.92 Å². The Labute approximate surface area is 129 Å². The van der Waals surface area contributed by atoms with Crippen LogP contribution >= 0.6 is 23.2 Å². The molecule has 114 valence electrons. The third kappa shape index (κ3) is 4.05. The molecular weight excluding hydrogens is 325 g/mol. The van der Waals surface area contributed by atoms with E-state index in [4.69, 9.17) is 32.7 Å². The fourth-order valence-corrected chi connectivity index (χ4v) is 2.03. The summed E-state index contributed by atoms with van der Waals surface area (Å²) in [4.78, 5) is 32.5. The van der Waals surface area contributed by atoms with E-state index >= 15 is 0 Å². The molecule has 0 aliphatic carbocycles. The van der Waals surface area contributed by atoms with Crippen LogP contribution in [-0.4, -0.2) is 16.9 Å². The second-order valence-electron chi connectivity index (χ2n) is 4.05. The lowest BCUT2D eigenvalue weighted by molar-refractivity contribution is -0.385. The molecule has 0 radical (unpaired) electrons. The molecule has 0 unspecified atom stereocenters. The number of nitro groups is 1. The van der Waals surface area contributed by atoms with Crippen molar-refractivity contribution in [2.24, 2.45) is 0 Å². The zero-order valence-electron chi connectivity index (χ0n) is 11.3. The van der Waals surface area contributed by atoms with Gasteiger partial charge in [-0.15, -0.1) is 0 Å². The van der Waals surface area contributed by atoms with Crippen molar-refractivity contribution in [3.8, 4) is 0 Å². The molecule has 0 N–H and O–H groups in total. The minimum atomic E-state index is -1.51. The number of benzene rings is 1. The first-order valence-corrected chi connectivity index (χ1v) is 6.38. The van der Waals surface area contributed by atoms with Gasteiger partial charge in [0.1, 0.15) is 0 Å². The maximum atomic E-state index is 11.1. The van der Waals surface area contributed by atoms with Crippen molar-refractivity contribution in [2.45, 2.75) is 27.1 Å². The number of esters is 2. The number of rotatable bonds is 4. The summed E-state index contributed by atoms with van der Waals surface area (Å²) in [6, 6.07) is 1.06. The highest BCUT2D eigenvalue weighted by atomic mass is 35.5. The van der Waals surface area contributed by atoms with Crippen LogP contribution in [0.4, 0.5) is 5.69 Å². The van der Waals surface area contributed by atoms with Gasteiger partial charge in [0.25, 0.3) is 12.0 Å². The molecule has 0 atom stereocenters. The zero-order chi connectivity index (χ0) is 16.3. The molecule has 7 nitrogen and oxygen atoms in total. The number of ether oxygens (including phenoxy) is 2. The van der Waals surface area contributed by atoms with E-state index in [2.05, 4.69) is 0 Å². The lowest BCUT2D eigenvalue weighted by Gasteiger charge is -2.19. The van der Waals surface area contributed by atoms with Gasteiger partial charge >= 0.3 is 11.9 Å². The summed E-state index contributed by atoms with van der Waals surface area (Å²) in [7, 11) is 0. The Bertz CT molecular complexity index is 600. The molecule has 0 spiro atoms. The van der Waals surface area contributed by atoms with E-state index in [1.807, 2.05) is 0 Å². The van der Waals surface area contributed by atoms with Crippen LogP contribution in [0.2, 0.25) is 10.0 Å². The molecule has 1 aromatic carbocycles. The average molecular weight is 336 g/mol. The van der Waals surface area contributed by atoms with Crippen molar-refractivity contribution < 1.29 is 24.0 Å². The first-order valence-electron chi connectivity index (χ1n) is 5.62. The highest BCUT2D eigenvalue weighted by molar-refractivity contribution is 6.43. The average Bonchev–Trinajstić information content (AvgIpc) is 2.34. The molecule has 0 saturated heterocycles. The van der Waals surface area contributed by atoms with Gasteiger partial charge in [0.15, 0.2) is 0 Å². The van der Waals surface area contributed by atoms with Gasteiger partial charge in [-0.2, -0.15) is 0 Å². The Morgan fingerprint density at radius 1 is 1.19 bits per heavy atom. The molecule has 0 fully saturated rings. The summed E-state index contributed by atoms with van der Waals surface area (Å²) >= 11 is 11.9. The van der Waals surface area contributed by atoms with E-state index in [1.165, 1.54) is 6.92 Å². The van der Waals surface area contributed by atoms with E-state index in [1.54, 1.807) is 0 Å². The van der Waals surface area contributed by atoms with E-state index in [0.29, 0.717) is 0 Å². The number of carbonyl (C=O) groups is 2. The van der Waals surface area contributed by atoms with Crippen molar-refractivity contribution in [1.29, 1.82) is 0 Å². The molecule has 0 saturated carbocycles. The SMILES string of the molecule is CC(=O)OC(OC(C)=O)c1cc([N+](=O)[O-])c(C)c(Cl)c1Cl. The molecule has 0 amide bonds. The maximum Gasteiger partial charge on any atom is 0.305 e. The van der Waals surface area contributed by atoms with Crippen LogP contribution in [-0.2, 0) is 19.1 Å². The van der Waals surface area contributed by atoms with Gasteiger partial charge < -0.3 is 9.47 Å². The van der Waals surface area contributed by atoms with Gasteiger partial charge in [0, 0.05) is 25.5 Å². The van der Waals surface area contributed by atoms with Crippen molar-refractivity contribution >= 4 is 40.8 Å². The van der Waals surface area contributed by atoms with Crippen molar-refractivity contribution in [2.75, 3.05) is 0 Å². The second kappa shape index (κ2) is 6.73. The summed E-state index contributed by atoms with van der Waals surface area (Å²) in [5.41, 5.74) is -0.257. The van der Waals surface area contributed by atoms with Crippen LogP contribution in [0.1, 0.15) is 31.3 Å². The minimum Gasteiger partial charge on any atom is -0.421 e. The Kier molecular flexibility index (Phi) is 5.51. The molecule has 0 aliphatic heterocycles. The van der Waals surface area contributed by atoms with Gasteiger partial charge in [0.05, 0.1) is 20.5 Å². The molecule has 0 aromatic heterocycles. The van der Waals surface area contributed by atoms with Gasteiger partial charge in [0.2, 0.25) is 0 Å². The maximum absolute atomic E-state index is 11.1. The molecule has 1 aromatic rings. The minimum absolute atomic E-state index is 0.0785. The van der Waals surface area contributed by atoms with Crippen molar-refractivity contribution in [3.05, 3.63) is 37.4 Å². The smallest absolute Gasteiger partial charge is 0.305 e. The Morgan fingerprint density at radius 3 is 2.05 bits per heavy atom. The number of carbonyl (C=O) groups excluding carboxylic acids is 2. The van der Waals surface area contributed by atoms with Crippen LogP contribution in [0.25, 0.3) is 0 Å². The highest BCUT2D eigenvalue weighted by Gasteiger charge is 2.28. The third-order valence-corrected chi connectivity index (χ3v) is 3.42. The molecule has 0 heterocycles. The summed E-state index contributed by atoms with van der Waals surface area (Å²) in [6.07, 6.45) is -1.51. The van der Waals surface area contributed by atoms with Crippen LogP contribution < -0.4 is 0 Å². The predicted octanol–water partition coefficient (Wildman–Crippen LogP) is 3.33. The zero-order valence-corrected chi connectivity index (χ0v) is 12.8. The van der Waals surface area contributed by atoms with E-state index in [9.17, 15) is 19.7 Å². The first kappa shape index (κ1) is 17.2. The van der Waals surface area contributed by atoms with Crippen molar-refractivity contribution in [3.63, 3.8) is 0 Å². The number of nitro benzene ring substituents is 1. The first-order chi connectivity index (χ1) is 9.65. The molecule has 1 rings (SSSR count). The molecular formula is C12H11Cl2NO6. The fourth-order valence-electron chi connectivity index (χ4n) is 1.54. The molecule has 21 heavy (non-hydrogen) atoms. The topological polar surface area (TPSA) is 95.7 Å². The monoisotopic (exact) mass is 335 g/mol. The lowest BCUT2D eigenvalue weighted by atomic mass is 10.1. The van der Waals surface area contributed by atoms with Gasteiger partial charge in [-0.3, -0.25) is 19.7 Å². The van der Waals surface area contributed by atoms with E-state index < -0.39 is 23.2 Å². The predicted molar refractivity (Wildman–Crippen MR) is 74.1 cm³/mol. The van der Waals surface area contributed by atoms with Crippen LogP contribution in [0.5, 0.6) is 0 Å². The van der Waals surface area contributed by atoms with Crippen LogP contribution in [0.15, 0.2) is 6.07 Å². The summed E-state index contributed by atoms with van der Waals surface area (Å²) in [5.74, 6) is -1.51. The van der Waals surface area contributed by atoms with Crippen molar-refractivity contribution in [1.82, 2.24) is 0 Å². The fraction of sp³-hybridized carbons (Fsp3) is 0.333. The molecule has 9 heteroatoms. The summed E-state index contributed by atoms with van der Waals surface area (Å²) in [6.45, 7) is 3.60. The Morgan fingerprint density at radius 2 is 1.67 bits per heavy atom. The summed E-state index contributed by atoms with van der Waals surface area (Å²) in [5, 5.41) is 10.8. The third-order valence-electron chi connectivity index (χ3n) is 2.45. The van der Waals surface area contributed by atoms with E-state index in [0.717, 1.165) is 19.9 Å². The van der Waals surface area contributed by atoms with Crippen LogP contribution in [0, 0.1) is 17.0 Å². The Hall–Kier alpha value is -1.86. The normalized spacial score (nSPS) is 10.4. The lowest BCUT2D eigenvalue weighted by Crippen LogP contribution is -2.16. The van der Waals surface area contributed by atoms with Crippen LogP contribution in [0.3, 0.4) is 0 Å². The number of halogens is 2. The van der Waals surface area contributed by atoms with Gasteiger partial charge in [-0.1, -0.05) is 23.2 Å². The summed E-state index contributed by atoms with van der Waals surface area (Å²) < 4.78 is 9.62. The largest absolute Gasteiger partial charge is 0.421 e. The molecule has 0 bridgehead atoms. The number of hydrogen-bond donors (Lipinski definition) is 0. The Balaban J connectivity index is 3.46. The molecule has 0 aliphatic rings. The second-order valence-corrected chi connectivity index (χ2v) is 4.80. The standard InChI is InChI=1S/C12H11Cl2NO6/c1-5-9(15(18)19)4-8(11(14)10(5)13)12(20-6(2)16)21-7(3)17/h4,12H,1-3H3. The quantitative estimate of drug-likeness (QED) is 0.362. The number of nitrogens with zero attached hydrogens (tertiary/aromatic N) is 1. The highest BCUT2D eigenvalue weighted by Crippen LogP contribution is 2.39. The van der Waals surface area contributed by atoms with E-state index in [-0.39, 0.29) is 26.9 Å². The van der Waals surface area contributed by atoms with Gasteiger partial charge in [-0.25, -0.2) is 0 Å². The number of hydrogen-bond acceptors (Lipinski definition) is 6.